The molecule has 2 aromatic heterocycles. The zero-order valence-corrected chi connectivity index (χ0v) is 16.3. The molecule has 28 heavy (non-hydrogen) atoms. The van der Waals surface area contributed by atoms with Gasteiger partial charge in [0.15, 0.2) is 0 Å². The fourth-order valence-corrected chi connectivity index (χ4v) is 3.92. The van der Waals surface area contributed by atoms with Gasteiger partial charge < -0.3 is 19.4 Å². The number of hydrogen-bond acceptors (Lipinski definition) is 6. The maximum atomic E-state index is 12.8. The van der Waals surface area contributed by atoms with E-state index in [1.807, 2.05) is 11.4 Å². The molecule has 0 saturated carbocycles. The molecule has 7 nitrogen and oxygen atoms in total. The number of H-pyrrole nitrogens is 1. The first kappa shape index (κ1) is 18.6. The van der Waals surface area contributed by atoms with E-state index in [9.17, 15) is 9.59 Å². The highest BCUT2D eigenvalue weighted by Crippen LogP contribution is 2.19. The Morgan fingerprint density at radius 1 is 1.43 bits per heavy atom. The van der Waals surface area contributed by atoms with Crippen molar-refractivity contribution < 1.29 is 14.3 Å². The van der Waals surface area contributed by atoms with Gasteiger partial charge in [-0.25, -0.2) is 4.98 Å². The second-order valence-corrected chi connectivity index (χ2v) is 7.70. The van der Waals surface area contributed by atoms with Crippen LogP contribution in [0.2, 0.25) is 0 Å². The first-order chi connectivity index (χ1) is 13.6. The normalized spacial score (nSPS) is 16.4. The van der Waals surface area contributed by atoms with Crippen molar-refractivity contribution in [2.75, 3.05) is 20.3 Å². The number of aromatic amines is 1. The molecule has 0 spiro atoms. The lowest BCUT2D eigenvalue weighted by Gasteiger charge is -2.17. The maximum absolute atomic E-state index is 12.8. The average Bonchev–Trinajstić information content (AvgIpc) is 3.38. The lowest BCUT2D eigenvalue weighted by molar-refractivity contribution is 0.0678. The van der Waals surface area contributed by atoms with E-state index in [1.165, 1.54) is 16.2 Å². The Hall–Kier alpha value is -2.71. The topological polar surface area (TPSA) is 84.5 Å². The summed E-state index contributed by atoms with van der Waals surface area (Å²) in [7, 11) is 1.68. The SMILES string of the molecule is CN(Cc1nc2ccsc2c(=O)[nH]1)C(=O)c1cccc(OC[C@@H]2CCCO2)c1. The minimum absolute atomic E-state index is 0.122. The van der Waals surface area contributed by atoms with Gasteiger partial charge in [-0.1, -0.05) is 6.07 Å². The lowest BCUT2D eigenvalue weighted by Crippen LogP contribution is -2.28. The quantitative estimate of drug-likeness (QED) is 0.689. The second kappa shape index (κ2) is 8.12. The molecule has 0 bridgehead atoms. The van der Waals surface area contributed by atoms with Crippen LogP contribution in [-0.2, 0) is 11.3 Å². The molecule has 8 heteroatoms. The van der Waals surface area contributed by atoms with Crippen LogP contribution < -0.4 is 10.3 Å². The maximum Gasteiger partial charge on any atom is 0.268 e. The Balaban J connectivity index is 1.43. The standard InChI is InChI=1S/C20H21N3O4S/c1-23(11-17-21-16-7-9-28-18(16)19(24)22-17)20(25)13-4-2-5-14(10-13)27-12-15-6-3-8-26-15/h2,4-5,7,9-10,15H,3,6,8,11-12H2,1H3,(H,21,22,24)/t15-/m0/s1. The van der Waals surface area contributed by atoms with Crippen molar-refractivity contribution >= 4 is 27.5 Å². The molecular weight excluding hydrogens is 378 g/mol. The van der Waals surface area contributed by atoms with Crippen LogP contribution in [0, 0.1) is 0 Å². The third-order valence-corrected chi connectivity index (χ3v) is 5.54. The van der Waals surface area contributed by atoms with Crippen LogP contribution in [0.15, 0.2) is 40.5 Å². The largest absolute Gasteiger partial charge is 0.491 e. The number of rotatable bonds is 6. The monoisotopic (exact) mass is 399 g/mol. The number of nitrogens with one attached hydrogen (secondary N) is 1. The van der Waals surface area contributed by atoms with Gasteiger partial charge in [-0.3, -0.25) is 9.59 Å². The van der Waals surface area contributed by atoms with Crippen molar-refractivity contribution in [3.8, 4) is 5.75 Å². The predicted molar refractivity (Wildman–Crippen MR) is 107 cm³/mol. The smallest absolute Gasteiger partial charge is 0.268 e. The summed E-state index contributed by atoms with van der Waals surface area (Å²) >= 11 is 1.35. The molecule has 1 atom stereocenters. The Morgan fingerprint density at radius 2 is 2.32 bits per heavy atom. The van der Waals surface area contributed by atoms with Gasteiger partial charge in [0, 0.05) is 19.2 Å². The van der Waals surface area contributed by atoms with Crippen molar-refractivity contribution in [2.24, 2.45) is 0 Å². The minimum Gasteiger partial charge on any atom is -0.491 e. The third kappa shape index (κ3) is 4.07. The van der Waals surface area contributed by atoms with Crippen LogP contribution in [0.25, 0.3) is 10.2 Å². The first-order valence-corrected chi connectivity index (χ1v) is 10.0. The van der Waals surface area contributed by atoms with Gasteiger partial charge in [-0.15, -0.1) is 11.3 Å². The summed E-state index contributed by atoms with van der Waals surface area (Å²) in [6.45, 7) is 1.48. The summed E-state index contributed by atoms with van der Waals surface area (Å²) in [5.41, 5.74) is 0.987. The van der Waals surface area contributed by atoms with E-state index in [4.69, 9.17) is 9.47 Å². The molecule has 146 valence electrons. The zero-order valence-electron chi connectivity index (χ0n) is 15.5. The number of fused-ring (bicyclic) bond motifs is 1. The van der Waals surface area contributed by atoms with E-state index in [-0.39, 0.29) is 24.1 Å². The fourth-order valence-electron chi connectivity index (χ4n) is 3.20. The number of aromatic nitrogens is 2. The van der Waals surface area contributed by atoms with E-state index >= 15 is 0 Å². The summed E-state index contributed by atoms with van der Waals surface area (Å²) in [5, 5.41) is 1.83. The lowest BCUT2D eigenvalue weighted by atomic mass is 10.2. The highest BCUT2D eigenvalue weighted by Gasteiger charge is 2.18. The van der Waals surface area contributed by atoms with Gasteiger partial charge in [-0.05, 0) is 42.5 Å². The molecule has 1 aromatic carbocycles. The third-order valence-electron chi connectivity index (χ3n) is 4.64. The molecule has 1 amide bonds. The molecular formula is C20H21N3O4S. The van der Waals surface area contributed by atoms with E-state index in [0.717, 1.165) is 19.4 Å². The highest BCUT2D eigenvalue weighted by molar-refractivity contribution is 7.17. The van der Waals surface area contributed by atoms with Crippen molar-refractivity contribution in [1.29, 1.82) is 0 Å². The average molecular weight is 399 g/mol. The summed E-state index contributed by atoms with van der Waals surface area (Å²) in [4.78, 5) is 33.6. The highest BCUT2D eigenvalue weighted by atomic mass is 32.1. The number of carbonyl (C=O) groups excluding carboxylic acids is 1. The Kier molecular flexibility index (Phi) is 5.40. The summed E-state index contributed by atoms with van der Waals surface area (Å²) in [6.07, 6.45) is 2.18. The predicted octanol–water partition coefficient (Wildman–Crippen LogP) is 2.81. The summed E-state index contributed by atoms with van der Waals surface area (Å²) < 4.78 is 11.9. The minimum atomic E-state index is -0.180. The van der Waals surface area contributed by atoms with Gasteiger partial charge in [0.1, 0.15) is 22.9 Å². The van der Waals surface area contributed by atoms with Crippen LogP contribution >= 0.6 is 11.3 Å². The molecule has 1 fully saturated rings. The fraction of sp³-hybridized carbons (Fsp3) is 0.350. The Morgan fingerprint density at radius 3 is 3.14 bits per heavy atom. The van der Waals surface area contributed by atoms with Gasteiger partial charge >= 0.3 is 0 Å². The molecule has 0 radical (unpaired) electrons. The summed E-state index contributed by atoms with van der Waals surface area (Å²) in [6, 6.07) is 8.90. The van der Waals surface area contributed by atoms with Crippen LogP contribution in [0.4, 0.5) is 0 Å². The molecule has 0 unspecified atom stereocenters. The number of ether oxygens (including phenoxy) is 2. The number of nitrogens with zero attached hydrogens (tertiary/aromatic N) is 2. The van der Waals surface area contributed by atoms with E-state index < -0.39 is 0 Å². The van der Waals surface area contributed by atoms with Crippen molar-refractivity contribution in [2.45, 2.75) is 25.5 Å². The molecule has 1 N–H and O–H groups in total. The molecule has 1 aliphatic rings. The van der Waals surface area contributed by atoms with E-state index in [0.29, 0.717) is 34.0 Å². The Bertz CT molecular complexity index is 1040. The van der Waals surface area contributed by atoms with Gasteiger partial charge in [0.2, 0.25) is 0 Å². The van der Waals surface area contributed by atoms with Crippen LogP contribution in [0.1, 0.15) is 29.0 Å². The number of carbonyl (C=O) groups is 1. The number of thiophene rings is 1. The second-order valence-electron chi connectivity index (χ2n) is 6.78. The van der Waals surface area contributed by atoms with Gasteiger partial charge in [0.25, 0.3) is 11.5 Å². The zero-order chi connectivity index (χ0) is 19.5. The molecule has 0 aliphatic carbocycles. The van der Waals surface area contributed by atoms with Crippen molar-refractivity contribution in [3.63, 3.8) is 0 Å². The van der Waals surface area contributed by atoms with Gasteiger partial charge in [-0.2, -0.15) is 0 Å². The first-order valence-electron chi connectivity index (χ1n) is 9.16. The van der Waals surface area contributed by atoms with Crippen molar-refractivity contribution in [3.05, 3.63) is 57.5 Å². The van der Waals surface area contributed by atoms with E-state index in [2.05, 4.69) is 9.97 Å². The number of amides is 1. The molecule has 4 rings (SSSR count). The van der Waals surface area contributed by atoms with Crippen LogP contribution in [-0.4, -0.2) is 47.1 Å². The molecule has 3 aromatic rings. The number of hydrogen-bond donors (Lipinski definition) is 1. The van der Waals surface area contributed by atoms with E-state index in [1.54, 1.807) is 31.3 Å². The van der Waals surface area contributed by atoms with Crippen molar-refractivity contribution in [1.82, 2.24) is 14.9 Å². The molecule has 3 heterocycles. The number of benzene rings is 1. The van der Waals surface area contributed by atoms with Crippen LogP contribution in [0.3, 0.4) is 0 Å². The van der Waals surface area contributed by atoms with Gasteiger partial charge in [0.05, 0.1) is 18.2 Å². The van der Waals surface area contributed by atoms with Crippen LogP contribution in [0.5, 0.6) is 5.75 Å². The Labute approximate surface area is 165 Å². The summed E-state index contributed by atoms with van der Waals surface area (Å²) in [5.74, 6) is 0.925. The molecule has 1 aliphatic heterocycles. The molecule has 1 saturated heterocycles.